The number of rotatable bonds is 0. The smallest absolute Gasteiger partial charge is 0.309 e. The first-order valence-corrected chi connectivity index (χ1v) is 2.83. The van der Waals surface area contributed by atoms with E-state index >= 15 is 0 Å². The molecule has 5 nitrogen and oxygen atoms in total. The SMILES string of the molecule is CCO.CCO.Cl.NC(N)=O. The number of amides is 2. The number of carbonyl (C=O) groups excluding carboxylic acids is 1. The highest BCUT2D eigenvalue weighted by atomic mass is 35.5. The number of primary amides is 2. The van der Waals surface area contributed by atoms with Gasteiger partial charge in [0.15, 0.2) is 0 Å². The second-order valence-electron chi connectivity index (χ2n) is 1.03. The lowest BCUT2D eigenvalue weighted by molar-refractivity contribution is 0.256. The molecule has 11 heavy (non-hydrogen) atoms. The minimum atomic E-state index is -0.833. The van der Waals surface area contributed by atoms with Crippen molar-refractivity contribution >= 4 is 18.4 Å². The average molecular weight is 189 g/mol. The maximum Gasteiger partial charge on any atom is 0.309 e. The fourth-order valence-electron chi connectivity index (χ4n) is 0. The summed E-state index contributed by atoms with van der Waals surface area (Å²) in [5.74, 6) is 0. The molecule has 6 N–H and O–H groups in total. The first-order chi connectivity index (χ1) is 4.56. The Balaban J connectivity index is -0.0000000325. The third-order valence-corrected chi connectivity index (χ3v) is 0. The molecule has 0 aromatic carbocycles. The number of aliphatic hydroxyl groups excluding tert-OH is 2. The zero-order chi connectivity index (χ0) is 8.99. The molecule has 0 fully saturated rings. The summed E-state index contributed by atoms with van der Waals surface area (Å²) < 4.78 is 0. The molecule has 0 aromatic rings. The first kappa shape index (κ1) is 22.4. The topological polar surface area (TPSA) is 110 Å². The van der Waals surface area contributed by atoms with Crippen molar-refractivity contribution < 1.29 is 15.0 Å². The van der Waals surface area contributed by atoms with Crippen LogP contribution in [0, 0.1) is 0 Å². The van der Waals surface area contributed by atoms with Crippen LogP contribution in [0.4, 0.5) is 4.79 Å². The van der Waals surface area contributed by atoms with Gasteiger partial charge in [-0.25, -0.2) is 4.79 Å². The molecule has 0 radical (unpaired) electrons. The maximum absolute atomic E-state index is 9.00. The number of hydrogen-bond donors (Lipinski definition) is 4. The highest BCUT2D eigenvalue weighted by molar-refractivity contribution is 5.85. The zero-order valence-electron chi connectivity index (χ0n) is 6.78. The van der Waals surface area contributed by atoms with Gasteiger partial charge in [-0.3, -0.25) is 0 Å². The molecule has 0 heterocycles. The van der Waals surface area contributed by atoms with Gasteiger partial charge in [-0.1, -0.05) is 0 Å². The number of halogens is 1. The minimum absolute atomic E-state index is 0. The number of urea groups is 1. The van der Waals surface area contributed by atoms with Crippen molar-refractivity contribution in [2.45, 2.75) is 13.8 Å². The summed E-state index contributed by atoms with van der Waals surface area (Å²) in [6.07, 6.45) is 0. The van der Waals surface area contributed by atoms with Crippen LogP contribution in [0.5, 0.6) is 0 Å². The van der Waals surface area contributed by atoms with Gasteiger partial charge in [0.25, 0.3) is 0 Å². The van der Waals surface area contributed by atoms with E-state index in [1.165, 1.54) is 0 Å². The number of carbonyl (C=O) groups is 1. The van der Waals surface area contributed by atoms with Crippen LogP contribution in [-0.4, -0.2) is 29.5 Å². The van der Waals surface area contributed by atoms with Gasteiger partial charge < -0.3 is 21.7 Å². The van der Waals surface area contributed by atoms with E-state index in [0.29, 0.717) is 0 Å². The van der Waals surface area contributed by atoms with Gasteiger partial charge in [0, 0.05) is 13.2 Å². The standard InChI is InChI=1S/2C2H6O.CH4N2O.ClH/c2*1-2-3;2-1(3)4;/h2*3H,2H2,1H3;(H4,2,3,4);1H. The Bertz CT molecular complexity index is 57.7. The molecule has 0 aliphatic heterocycles. The summed E-state index contributed by atoms with van der Waals surface area (Å²) in [5, 5.41) is 15.1. The van der Waals surface area contributed by atoms with E-state index in [-0.39, 0.29) is 25.6 Å². The fourth-order valence-corrected chi connectivity index (χ4v) is 0. The Hall–Kier alpha value is -0.520. The number of aliphatic hydroxyl groups is 2. The van der Waals surface area contributed by atoms with Gasteiger partial charge in [0.1, 0.15) is 0 Å². The van der Waals surface area contributed by atoms with Crippen LogP contribution >= 0.6 is 12.4 Å². The van der Waals surface area contributed by atoms with Crippen molar-refractivity contribution in [2.24, 2.45) is 11.5 Å². The molecule has 0 aliphatic carbocycles. The lowest BCUT2D eigenvalue weighted by Crippen LogP contribution is -2.18. The minimum Gasteiger partial charge on any atom is -0.397 e. The second kappa shape index (κ2) is 34.0. The molecule has 0 aliphatic rings. The van der Waals surface area contributed by atoms with Crippen LogP contribution in [0.15, 0.2) is 0 Å². The van der Waals surface area contributed by atoms with E-state index in [1.54, 1.807) is 13.8 Å². The average Bonchev–Trinajstić information content (AvgIpc) is 1.65. The van der Waals surface area contributed by atoms with Crippen LogP contribution < -0.4 is 11.5 Å². The van der Waals surface area contributed by atoms with Gasteiger partial charge in [-0.2, -0.15) is 0 Å². The van der Waals surface area contributed by atoms with Crippen LogP contribution in [0.25, 0.3) is 0 Å². The van der Waals surface area contributed by atoms with Gasteiger partial charge in [-0.15, -0.1) is 12.4 Å². The third kappa shape index (κ3) is 1960. The quantitative estimate of drug-likeness (QED) is 0.409. The summed E-state index contributed by atoms with van der Waals surface area (Å²) in [4.78, 5) is 9.00. The van der Waals surface area contributed by atoms with Gasteiger partial charge in [-0.05, 0) is 13.8 Å². The summed E-state index contributed by atoms with van der Waals surface area (Å²) in [6.45, 7) is 3.86. The van der Waals surface area contributed by atoms with Gasteiger partial charge >= 0.3 is 6.03 Å². The Labute approximate surface area is 72.8 Å². The van der Waals surface area contributed by atoms with E-state index in [0.717, 1.165) is 0 Å². The van der Waals surface area contributed by atoms with E-state index in [1.807, 2.05) is 0 Å². The van der Waals surface area contributed by atoms with Crippen molar-refractivity contribution in [1.82, 2.24) is 0 Å². The summed E-state index contributed by atoms with van der Waals surface area (Å²) in [6, 6.07) is -0.833. The van der Waals surface area contributed by atoms with Crippen LogP contribution in [0.3, 0.4) is 0 Å². The van der Waals surface area contributed by atoms with Crippen LogP contribution in [0.1, 0.15) is 13.8 Å². The van der Waals surface area contributed by atoms with E-state index in [4.69, 9.17) is 15.0 Å². The molecule has 2 amide bonds. The van der Waals surface area contributed by atoms with Crippen molar-refractivity contribution in [3.8, 4) is 0 Å². The molecule has 72 valence electrons. The predicted octanol–water partition coefficient (Wildman–Crippen LogP) is -0.557. The maximum atomic E-state index is 9.00. The molecule has 0 saturated carbocycles. The lowest BCUT2D eigenvalue weighted by Gasteiger charge is -1.62. The lowest BCUT2D eigenvalue weighted by atomic mass is 10.9. The molecular formula is C5H17ClN2O3. The monoisotopic (exact) mass is 188 g/mol. The summed E-state index contributed by atoms with van der Waals surface area (Å²) in [5.41, 5.74) is 8.50. The van der Waals surface area contributed by atoms with Crippen molar-refractivity contribution in [3.63, 3.8) is 0 Å². The van der Waals surface area contributed by atoms with Crippen molar-refractivity contribution in [3.05, 3.63) is 0 Å². The molecule has 0 saturated heterocycles. The third-order valence-electron chi connectivity index (χ3n) is 0. The molecule has 0 aromatic heterocycles. The molecule has 0 atom stereocenters. The van der Waals surface area contributed by atoms with Crippen LogP contribution in [-0.2, 0) is 0 Å². The van der Waals surface area contributed by atoms with E-state index < -0.39 is 6.03 Å². The first-order valence-electron chi connectivity index (χ1n) is 2.83. The molecule has 0 bridgehead atoms. The van der Waals surface area contributed by atoms with Gasteiger partial charge in [0.2, 0.25) is 0 Å². The highest BCUT2D eigenvalue weighted by Gasteiger charge is 1.60. The predicted molar refractivity (Wildman–Crippen MR) is 46.5 cm³/mol. The summed E-state index contributed by atoms with van der Waals surface area (Å²) >= 11 is 0. The van der Waals surface area contributed by atoms with Gasteiger partial charge in [0.05, 0.1) is 0 Å². The van der Waals surface area contributed by atoms with Crippen molar-refractivity contribution in [1.29, 1.82) is 0 Å². The Morgan fingerprint density at radius 2 is 1.18 bits per heavy atom. The zero-order valence-corrected chi connectivity index (χ0v) is 7.60. The Morgan fingerprint density at radius 1 is 1.18 bits per heavy atom. The highest BCUT2D eigenvalue weighted by Crippen LogP contribution is 1.30. The van der Waals surface area contributed by atoms with Crippen molar-refractivity contribution in [2.75, 3.05) is 13.2 Å². The molecule has 0 rings (SSSR count). The van der Waals surface area contributed by atoms with E-state index in [2.05, 4.69) is 11.5 Å². The molecule has 6 heteroatoms. The number of nitrogens with two attached hydrogens (primary N) is 2. The van der Waals surface area contributed by atoms with E-state index in [9.17, 15) is 0 Å². The fraction of sp³-hybridized carbons (Fsp3) is 0.800. The normalized spacial score (nSPS) is 5.45. The largest absolute Gasteiger partial charge is 0.397 e. The second-order valence-corrected chi connectivity index (χ2v) is 1.03. The Kier molecular flexibility index (Phi) is 69.3. The molecule has 0 spiro atoms. The molecule has 0 unspecified atom stereocenters. The number of hydrogen-bond acceptors (Lipinski definition) is 3. The van der Waals surface area contributed by atoms with Crippen LogP contribution in [0.2, 0.25) is 0 Å². The summed E-state index contributed by atoms with van der Waals surface area (Å²) in [7, 11) is 0. The Morgan fingerprint density at radius 3 is 1.18 bits per heavy atom. The molecular weight excluding hydrogens is 172 g/mol.